The zero-order chi connectivity index (χ0) is 14.1. The van der Waals surface area contributed by atoms with E-state index in [2.05, 4.69) is 5.32 Å². The van der Waals surface area contributed by atoms with Gasteiger partial charge >= 0.3 is 6.18 Å². The summed E-state index contributed by atoms with van der Waals surface area (Å²) >= 11 is 0. The molecule has 1 saturated heterocycles. The first-order chi connectivity index (χ1) is 8.81. The van der Waals surface area contributed by atoms with Crippen molar-refractivity contribution in [2.75, 3.05) is 13.1 Å². The molecule has 1 atom stereocenters. The van der Waals surface area contributed by atoms with Crippen LogP contribution in [0.1, 0.15) is 17.5 Å². The number of benzene rings is 1. The first-order valence-corrected chi connectivity index (χ1v) is 6.04. The predicted molar refractivity (Wildman–Crippen MR) is 61.1 cm³/mol. The molecule has 1 aromatic rings. The maximum absolute atomic E-state index is 13.7. The van der Waals surface area contributed by atoms with Crippen LogP contribution in [0.3, 0.4) is 0 Å². The molecule has 0 bridgehead atoms. The molecule has 19 heavy (non-hydrogen) atoms. The van der Waals surface area contributed by atoms with Gasteiger partial charge in [0, 0.05) is 25.4 Å². The molecule has 1 aliphatic rings. The fraction of sp³-hybridized carbons (Fsp3) is 0.538. The minimum absolute atomic E-state index is 0.0409. The maximum Gasteiger partial charge on any atom is 0.416 e. The summed E-state index contributed by atoms with van der Waals surface area (Å²) in [6, 6.07) is 4.92. The first-order valence-electron chi connectivity index (χ1n) is 6.04. The molecular weight excluding hydrogens is 265 g/mol. The van der Waals surface area contributed by atoms with Crippen LogP contribution >= 0.6 is 0 Å². The number of piperidine rings is 1. The molecule has 0 radical (unpaired) electrons. The lowest BCUT2D eigenvalue weighted by molar-refractivity contribution is -0.138. The van der Waals surface area contributed by atoms with E-state index in [-0.39, 0.29) is 31.5 Å². The number of hydrogen-bond donors (Lipinski definition) is 1. The fourth-order valence-electron chi connectivity index (χ4n) is 2.35. The van der Waals surface area contributed by atoms with Crippen molar-refractivity contribution in [2.24, 2.45) is 5.92 Å². The van der Waals surface area contributed by atoms with Gasteiger partial charge in [-0.25, -0.2) is 8.78 Å². The number of hydrogen-bond acceptors (Lipinski definition) is 1. The van der Waals surface area contributed by atoms with E-state index in [1.165, 1.54) is 18.2 Å². The lowest BCUT2D eigenvalue weighted by Gasteiger charge is -2.32. The zero-order valence-corrected chi connectivity index (χ0v) is 10.1. The van der Waals surface area contributed by atoms with Crippen molar-refractivity contribution in [3.63, 3.8) is 0 Å². The topological polar surface area (TPSA) is 12.0 Å². The number of nitrogens with one attached hydrogen (secondary N) is 1. The van der Waals surface area contributed by atoms with Crippen LogP contribution < -0.4 is 5.32 Å². The molecule has 6 heteroatoms. The molecule has 1 aromatic carbocycles. The second-order valence-corrected chi connectivity index (χ2v) is 4.77. The SMILES string of the molecule is FC(F)(F)c1ccccc1CC1CNCCC1(F)F. The summed E-state index contributed by atoms with van der Waals surface area (Å²) in [5.74, 6) is -4.01. The Bertz CT molecular complexity index is 441. The molecule has 0 aromatic heterocycles. The van der Waals surface area contributed by atoms with Crippen LogP contribution in [0, 0.1) is 5.92 Å². The Morgan fingerprint density at radius 2 is 1.89 bits per heavy atom. The van der Waals surface area contributed by atoms with E-state index in [0.29, 0.717) is 0 Å². The van der Waals surface area contributed by atoms with Gasteiger partial charge in [0.05, 0.1) is 5.56 Å². The Morgan fingerprint density at radius 3 is 2.53 bits per heavy atom. The standard InChI is InChI=1S/C13H14F5N/c14-12(15)5-6-19-8-10(12)7-9-3-1-2-4-11(9)13(16,17)18/h1-4,10,19H,5-8H2. The van der Waals surface area contributed by atoms with Crippen LogP contribution in [0.25, 0.3) is 0 Å². The quantitative estimate of drug-likeness (QED) is 0.817. The van der Waals surface area contributed by atoms with Crippen LogP contribution in [-0.4, -0.2) is 19.0 Å². The second-order valence-electron chi connectivity index (χ2n) is 4.77. The van der Waals surface area contributed by atoms with E-state index in [1.807, 2.05) is 0 Å². The molecule has 0 spiro atoms. The average molecular weight is 279 g/mol. The molecule has 2 rings (SSSR count). The van der Waals surface area contributed by atoms with Crippen molar-refractivity contribution in [1.29, 1.82) is 0 Å². The fourth-order valence-corrected chi connectivity index (χ4v) is 2.35. The largest absolute Gasteiger partial charge is 0.416 e. The predicted octanol–water partition coefficient (Wildman–Crippen LogP) is 3.49. The lowest BCUT2D eigenvalue weighted by atomic mass is 9.87. The molecule has 0 saturated carbocycles. The Kier molecular flexibility index (Phi) is 3.80. The lowest BCUT2D eigenvalue weighted by Crippen LogP contribution is -2.45. The highest BCUT2D eigenvalue weighted by atomic mass is 19.4. The zero-order valence-electron chi connectivity index (χ0n) is 10.1. The van der Waals surface area contributed by atoms with Gasteiger partial charge in [0.2, 0.25) is 0 Å². The molecule has 1 fully saturated rings. The van der Waals surface area contributed by atoms with E-state index in [1.54, 1.807) is 0 Å². The molecular formula is C13H14F5N. The number of halogens is 5. The van der Waals surface area contributed by atoms with Gasteiger partial charge in [0.15, 0.2) is 0 Å². The third-order valence-electron chi connectivity index (χ3n) is 3.41. The van der Waals surface area contributed by atoms with Gasteiger partial charge in [-0.05, 0) is 18.1 Å². The minimum Gasteiger partial charge on any atom is -0.316 e. The van der Waals surface area contributed by atoms with E-state index >= 15 is 0 Å². The van der Waals surface area contributed by atoms with Crippen molar-refractivity contribution in [2.45, 2.75) is 24.9 Å². The molecule has 1 N–H and O–H groups in total. The highest BCUT2D eigenvalue weighted by Crippen LogP contribution is 2.37. The van der Waals surface area contributed by atoms with Crippen LogP contribution in [0.4, 0.5) is 22.0 Å². The van der Waals surface area contributed by atoms with Crippen molar-refractivity contribution in [3.05, 3.63) is 35.4 Å². The third-order valence-corrected chi connectivity index (χ3v) is 3.41. The number of alkyl halides is 5. The normalized spacial score (nSPS) is 23.3. The second kappa shape index (κ2) is 5.07. The molecule has 106 valence electrons. The van der Waals surface area contributed by atoms with Crippen LogP contribution in [0.2, 0.25) is 0 Å². The summed E-state index contributed by atoms with van der Waals surface area (Å²) in [4.78, 5) is 0. The first kappa shape index (κ1) is 14.2. The summed E-state index contributed by atoms with van der Waals surface area (Å²) in [6.45, 7) is 0.240. The van der Waals surface area contributed by atoms with E-state index in [0.717, 1.165) is 6.07 Å². The van der Waals surface area contributed by atoms with Crippen molar-refractivity contribution < 1.29 is 22.0 Å². The Labute approximate surface area is 107 Å². The van der Waals surface area contributed by atoms with Gasteiger partial charge in [-0.15, -0.1) is 0 Å². The number of rotatable bonds is 2. The van der Waals surface area contributed by atoms with Crippen molar-refractivity contribution in [1.82, 2.24) is 5.32 Å². The summed E-state index contributed by atoms with van der Waals surface area (Å²) < 4.78 is 65.7. The van der Waals surface area contributed by atoms with Gasteiger partial charge < -0.3 is 5.32 Å². The highest BCUT2D eigenvalue weighted by molar-refractivity contribution is 5.30. The molecule has 1 aliphatic heterocycles. The Morgan fingerprint density at radius 1 is 1.21 bits per heavy atom. The Hall–Kier alpha value is -1.17. The van der Waals surface area contributed by atoms with Crippen LogP contribution in [-0.2, 0) is 12.6 Å². The monoisotopic (exact) mass is 279 g/mol. The maximum atomic E-state index is 13.7. The minimum atomic E-state index is -4.51. The molecule has 1 unspecified atom stereocenters. The smallest absolute Gasteiger partial charge is 0.316 e. The summed E-state index contributed by atoms with van der Waals surface area (Å²) in [7, 11) is 0. The van der Waals surface area contributed by atoms with E-state index < -0.39 is 23.6 Å². The summed E-state index contributed by atoms with van der Waals surface area (Å²) in [6.07, 6.45) is -5.10. The molecule has 1 nitrogen and oxygen atoms in total. The van der Waals surface area contributed by atoms with Gasteiger partial charge in [-0.2, -0.15) is 13.2 Å². The van der Waals surface area contributed by atoms with Gasteiger partial charge in [-0.3, -0.25) is 0 Å². The van der Waals surface area contributed by atoms with Gasteiger partial charge in [0.1, 0.15) is 0 Å². The summed E-state index contributed by atoms with van der Waals surface area (Å²) in [5.41, 5.74) is -0.889. The van der Waals surface area contributed by atoms with Crippen molar-refractivity contribution >= 4 is 0 Å². The summed E-state index contributed by atoms with van der Waals surface area (Å²) in [5, 5.41) is 2.81. The van der Waals surface area contributed by atoms with E-state index in [9.17, 15) is 22.0 Å². The van der Waals surface area contributed by atoms with E-state index in [4.69, 9.17) is 0 Å². The molecule has 0 aliphatic carbocycles. The van der Waals surface area contributed by atoms with Crippen LogP contribution in [0.5, 0.6) is 0 Å². The third kappa shape index (κ3) is 3.23. The van der Waals surface area contributed by atoms with Crippen LogP contribution in [0.15, 0.2) is 24.3 Å². The van der Waals surface area contributed by atoms with Gasteiger partial charge in [-0.1, -0.05) is 18.2 Å². The Balaban J connectivity index is 2.24. The molecule has 1 heterocycles. The highest BCUT2D eigenvalue weighted by Gasteiger charge is 2.42. The van der Waals surface area contributed by atoms with Gasteiger partial charge in [0.25, 0.3) is 5.92 Å². The molecule has 0 amide bonds. The average Bonchev–Trinajstić information content (AvgIpc) is 2.31. The van der Waals surface area contributed by atoms with Crippen molar-refractivity contribution in [3.8, 4) is 0 Å².